The smallest absolute Gasteiger partial charge is 0.329 e. The third-order valence-electron chi connectivity index (χ3n) is 5.04. The predicted molar refractivity (Wildman–Crippen MR) is 110 cm³/mol. The number of aryl methyl sites for hydroxylation is 1. The van der Waals surface area contributed by atoms with E-state index in [1.54, 1.807) is 35.9 Å². The number of rotatable bonds is 6. The number of aliphatic hydroxyl groups is 1. The van der Waals surface area contributed by atoms with E-state index in [4.69, 9.17) is 16.3 Å². The van der Waals surface area contributed by atoms with Crippen molar-refractivity contribution in [1.82, 2.24) is 19.1 Å². The third-order valence-corrected chi connectivity index (χ3v) is 5.35. The molecule has 10 heteroatoms. The lowest BCUT2D eigenvalue weighted by molar-refractivity contribution is 0.0937. The molecule has 2 N–H and O–H groups in total. The van der Waals surface area contributed by atoms with Crippen LogP contribution in [-0.4, -0.2) is 50.0 Å². The van der Waals surface area contributed by atoms with Crippen LogP contribution in [0.15, 0.2) is 33.9 Å². The maximum atomic E-state index is 12.5. The average molecular weight is 420 g/mol. The molecule has 0 saturated carbocycles. The summed E-state index contributed by atoms with van der Waals surface area (Å²) in [5.41, 5.74) is -0.506. The van der Waals surface area contributed by atoms with Gasteiger partial charge in [0.15, 0.2) is 11.2 Å². The maximum Gasteiger partial charge on any atom is 0.329 e. The summed E-state index contributed by atoms with van der Waals surface area (Å²) in [5, 5.41) is 11.1. The number of nitrogens with zero attached hydrogens (tertiary/aromatic N) is 4. The molecule has 3 heterocycles. The van der Waals surface area contributed by atoms with E-state index in [0.717, 1.165) is 25.9 Å². The number of benzene rings is 1. The second kappa shape index (κ2) is 7.92. The van der Waals surface area contributed by atoms with Gasteiger partial charge in [-0.15, -0.1) is 0 Å². The Balaban J connectivity index is 1.67. The summed E-state index contributed by atoms with van der Waals surface area (Å²) < 4.78 is 8.60. The van der Waals surface area contributed by atoms with E-state index in [0.29, 0.717) is 22.4 Å². The number of para-hydroxylation sites is 1. The van der Waals surface area contributed by atoms with Gasteiger partial charge in [-0.25, -0.2) is 4.79 Å². The lowest BCUT2D eigenvalue weighted by Gasteiger charge is -2.20. The predicted octanol–water partition coefficient (Wildman–Crippen LogP) is 1.12. The number of hydrogen-bond donors (Lipinski definition) is 2. The first-order valence-electron chi connectivity index (χ1n) is 9.45. The van der Waals surface area contributed by atoms with Gasteiger partial charge in [0.05, 0.1) is 11.6 Å². The normalized spacial score (nSPS) is 15.2. The van der Waals surface area contributed by atoms with Crippen molar-refractivity contribution in [2.45, 2.75) is 25.5 Å². The van der Waals surface area contributed by atoms with Gasteiger partial charge in [0.1, 0.15) is 18.5 Å². The van der Waals surface area contributed by atoms with Crippen LogP contribution in [0.3, 0.4) is 0 Å². The monoisotopic (exact) mass is 419 g/mol. The van der Waals surface area contributed by atoms with E-state index in [-0.39, 0.29) is 18.7 Å². The number of nitrogens with one attached hydrogen (secondary N) is 1. The number of fused-ring (bicyclic) bond motifs is 1. The molecular formula is C19H22ClN5O4. The molecule has 1 saturated heterocycles. The molecule has 1 atom stereocenters. The number of anilines is 1. The van der Waals surface area contributed by atoms with E-state index >= 15 is 0 Å². The number of ether oxygens (including phenoxy) is 1. The third kappa shape index (κ3) is 3.75. The molecular weight excluding hydrogens is 398 g/mol. The molecule has 4 rings (SSSR count). The highest BCUT2D eigenvalue weighted by Crippen LogP contribution is 2.25. The first kappa shape index (κ1) is 19.5. The molecule has 1 aliphatic heterocycles. The van der Waals surface area contributed by atoms with Gasteiger partial charge in [-0.3, -0.25) is 14.3 Å². The topological polar surface area (TPSA) is 105 Å². The Morgan fingerprint density at radius 3 is 2.72 bits per heavy atom. The van der Waals surface area contributed by atoms with Gasteiger partial charge in [0.2, 0.25) is 5.95 Å². The Kier molecular flexibility index (Phi) is 5.33. The van der Waals surface area contributed by atoms with Crippen LogP contribution in [0.1, 0.15) is 12.8 Å². The number of aromatic nitrogens is 4. The fourth-order valence-electron chi connectivity index (χ4n) is 3.57. The summed E-state index contributed by atoms with van der Waals surface area (Å²) in [6, 6.07) is 7.01. The van der Waals surface area contributed by atoms with Crippen molar-refractivity contribution in [3.05, 3.63) is 50.1 Å². The molecule has 2 aromatic heterocycles. The van der Waals surface area contributed by atoms with Crippen molar-refractivity contribution < 1.29 is 9.84 Å². The lowest BCUT2D eigenvalue weighted by Crippen LogP contribution is -2.31. The van der Waals surface area contributed by atoms with Crippen LogP contribution in [0.4, 0.5) is 5.95 Å². The molecule has 3 aromatic rings. The highest BCUT2D eigenvalue weighted by molar-refractivity contribution is 6.32. The van der Waals surface area contributed by atoms with Gasteiger partial charge in [-0.2, -0.15) is 4.98 Å². The van der Waals surface area contributed by atoms with Crippen LogP contribution in [0.2, 0.25) is 5.02 Å². The number of imidazole rings is 1. The summed E-state index contributed by atoms with van der Waals surface area (Å²) in [5.74, 6) is 1.05. The zero-order valence-corrected chi connectivity index (χ0v) is 16.7. The Labute approximate surface area is 171 Å². The molecule has 1 aromatic carbocycles. The summed E-state index contributed by atoms with van der Waals surface area (Å²) in [7, 11) is 1.56. The molecule has 1 fully saturated rings. The van der Waals surface area contributed by atoms with Crippen molar-refractivity contribution in [3.63, 3.8) is 0 Å². The fourth-order valence-corrected chi connectivity index (χ4v) is 3.76. The highest BCUT2D eigenvalue weighted by Gasteiger charge is 2.25. The van der Waals surface area contributed by atoms with Crippen LogP contribution in [0.5, 0.6) is 5.75 Å². The Hall–Kier alpha value is -2.78. The zero-order chi connectivity index (χ0) is 20.5. The number of H-pyrrole nitrogens is 1. The molecule has 29 heavy (non-hydrogen) atoms. The Bertz CT molecular complexity index is 1150. The van der Waals surface area contributed by atoms with E-state index in [9.17, 15) is 14.7 Å². The second-order valence-electron chi connectivity index (χ2n) is 7.10. The fraction of sp³-hybridized carbons (Fsp3) is 0.421. The quantitative estimate of drug-likeness (QED) is 0.620. The molecule has 154 valence electrons. The highest BCUT2D eigenvalue weighted by atomic mass is 35.5. The van der Waals surface area contributed by atoms with E-state index in [2.05, 4.69) is 14.9 Å². The lowest BCUT2D eigenvalue weighted by atomic mass is 10.3. The summed E-state index contributed by atoms with van der Waals surface area (Å²) >= 11 is 6.09. The van der Waals surface area contributed by atoms with Crippen molar-refractivity contribution in [2.75, 3.05) is 24.6 Å². The van der Waals surface area contributed by atoms with Crippen LogP contribution in [0.25, 0.3) is 11.2 Å². The summed E-state index contributed by atoms with van der Waals surface area (Å²) in [6.07, 6.45) is 1.13. The molecule has 0 aliphatic carbocycles. The Morgan fingerprint density at radius 2 is 2.00 bits per heavy atom. The van der Waals surface area contributed by atoms with Crippen LogP contribution < -0.4 is 20.9 Å². The standard InChI is InChI=1S/C19H22ClN5O4/c1-23-16-15(17(27)22-19(23)28)25(18(21-16)24-8-4-5-9-24)10-12(26)11-29-14-7-3-2-6-13(14)20/h2-3,6-7,12,26H,4-5,8-11H2,1H3,(H,22,27,28)/t12-/m1/s1. The molecule has 0 spiro atoms. The largest absolute Gasteiger partial charge is 0.489 e. The first-order valence-corrected chi connectivity index (χ1v) is 9.83. The van der Waals surface area contributed by atoms with Crippen molar-refractivity contribution in [2.24, 2.45) is 7.05 Å². The molecule has 1 aliphatic rings. The van der Waals surface area contributed by atoms with Crippen molar-refractivity contribution in [3.8, 4) is 5.75 Å². The second-order valence-corrected chi connectivity index (χ2v) is 7.51. The molecule has 0 radical (unpaired) electrons. The Morgan fingerprint density at radius 1 is 1.28 bits per heavy atom. The first-order chi connectivity index (χ1) is 14.0. The number of hydrogen-bond acceptors (Lipinski definition) is 6. The number of aliphatic hydroxyl groups excluding tert-OH is 1. The maximum absolute atomic E-state index is 12.5. The minimum Gasteiger partial charge on any atom is -0.489 e. The minimum atomic E-state index is -0.915. The number of halogens is 1. The zero-order valence-electron chi connectivity index (χ0n) is 16.0. The summed E-state index contributed by atoms with van der Waals surface area (Å²) in [4.78, 5) is 33.4. The van der Waals surface area contributed by atoms with Gasteiger partial charge in [0, 0.05) is 20.1 Å². The van der Waals surface area contributed by atoms with E-state index < -0.39 is 17.4 Å². The van der Waals surface area contributed by atoms with E-state index in [1.165, 1.54) is 4.57 Å². The molecule has 0 unspecified atom stereocenters. The molecule has 0 amide bonds. The minimum absolute atomic E-state index is 0.00743. The van der Waals surface area contributed by atoms with Gasteiger partial charge < -0.3 is 19.3 Å². The van der Waals surface area contributed by atoms with Crippen LogP contribution >= 0.6 is 11.6 Å². The molecule has 0 bridgehead atoms. The number of aromatic amines is 1. The summed E-state index contributed by atoms with van der Waals surface area (Å²) in [6.45, 7) is 1.70. The van der Waals surface area contributed by atoms with Gasteiger partial charge >= 0.3 is 5.69 Å². The molecule has 9 nitrogen and oxygen atoms in total. The van der Waals surface area contributed by atoms with Gasteiger partial charge in [-0.05, 0) is 25.0 Å². The van der Waals surface area contributed by atoms with Gasteiger partial charge in [-0.1, -0.05) is 23.7 Å². The van der Waals surface area contributed by atoms with Crippen molar-refractivity contribution >= 4 is 28.7 Å². The van der Waals surface area contributed by atoms with Gasteiger partial charge in [0.25, 0.3) is 5.56 Å². The van der Waals surface area contributed by atoms with Crippen LogP contribution in [-0.2, 0) is 13.6 Å². The van der Waals surface area contributed by atoms with E-state index in [1.807, 2.05) is 0 Å². The SMILES string of the molecule is Cn1c(=O)[nH]c(=O)c2c1nc(N1CCCC1)n2C[C@@H](O)COc1ccccc1Cl. The van der Waals surface area contributed by atoms with Crippen molar-refractivity contribution in [1.29, 1.82) is 0 Å². The average Bonchev–Trinajstić information content (AvgIpc) is 3.34. The van der Waals surface area contributed by atoms with Crippen LogP contribution in [0, 0.1) is 0 Å².